The van der Waals surface area contributed by atoms with Gasteiger partial charge in [0.05, 0.1) is 11.1 Å². The first-order valence-electron chi connectivity index (χ1n) is 7.26. The molecule has 0 radical (unpaired) electrons. The molecule has 0 unspecified atom stereocenters. The van der Waals surface area contributed by atoms with Crippen LogP contribution in [0.2, 0.25) is 0 Å². The number of carbonyl (C=O) groups is 1. The minimum Gasteiger partial charge on any atom is -0.463 e. The van der Waals surface area contributed by atoms with Gasteiger partial charge in [-0.1, -0.05) is 35.6 Å². The van der Waals surface area contributed by atoms with E-state index in [1.807, 2.05) is 47.8 Å². The van der Waals surface area contributed by atoms with Gasteiger partial charge in [-0.15, -0.1) is 11.3 Å². The van der Waals surface area contributed by atoms with Crippen LogP contribution < -0.4 is 5.32 Å². The minimum atomic E-state index is -0.173. The lowest BCUT2D eigenvalue weighted by molar-refractivity contribution is 0.102. The third-order valence-corrected chi connectivity index (χ3v) is 5.40. The number of nitrogens with zero attached hydrogens (tertiary/aromatic N) is 1. The maximum atomic E-state index is 12.3. The standard InChI is InChI=1S/C18H12N2O2S2/c21-17(12-6-2-1-3-7-12)20-18-19-15(13-8-4-10-22-13)16(24-18)14-9-5-11-23-14/h1-11H,(H,19,20,21). The molecule has 0 saturated carbocycles. The summed E-state index contributed by atoms with van der Waals surface area (Å²) >= 11 is 3.08. The van der Waals surface area contributed by atoms with Crippen LogP contribution in [0.5, 0.6) is 0 Å². The highest BCUT2D eigenvalue weighted by atomic mass is 32.1. The molecule has 4 nitrogen and oxygen atoms in total. The normalized spacial score (nSPS) is 10.7. The molecular weight excluding hydrogens is 340 g/mol. The Morgan fingerprint density at radius 1 is 1.04 bits per heavy atom. The molecule has 4 rings (SSSR count). The number of benzene rings is 1. The van der Waals surface area contributed by atoms with Gasteiger partial charge < -0.3 is 4.42 Å². The Bertz CT molecular complexity index is 891. The zero-order valence-corrected chi connectivity index (χ0v) is 14.1. The number of anilines is 1. The van der Waals surface area contributed by atoms with Crippen molar-refractivity contribution in [3.63, 3.8) is 0 Å². The van der Waals surface area contributed by atoms with Crippen LogP contribution in [-0.2, 0) is 0 Å². The molecule has 24 heavy (non-hydrogen) atoms. The molecule has 0 spiro atoms. The van der Waals surface area contributed by atoms with E-state index in [4.69, 9.17) is 4.42 Å². The van der Waals surface area contributed by atoms with Crippen molar-refractivity contribution >= 4 is 33.7 Å². The third-order valence-electron chi connectivity index (χ3n) is 3.38. The fourth-order valence-corrected chi connectivity index (χ4v) is 4.11. The Morgan fingerprint density at radius 3 is 2.62 bits per heavy atom. The van der Waals surface area contributed by atoms with Crippen molar-refractivity contribution < 1.29 is 9.21 Å². The topological polar surface area (TPSA) is 55.1 Å². The summed E-state index contributed by atoms with van der Waals surface area (Å²) in [5.41, 5.74) is 1.35. The largest absolute Gasteiger partial charge is 0.463 e. The van der Waals surface area contributed by atoms with E-state index < -0.39 is 0 Å². The number of furan rings is 1. The molecule has 118 valence electrons. The smallest absolute Gasteiger partial charge is 0.257 e. The summed E-state index contributed by atoms with van der Waals surface area (Å²) in [6.07, 6.45) is 1.62. The predicted octanol–water partition coefficient (Wildman–Crippen LogP) is 5.38. The van der Waals surface area contributed by atoms with Gasteiger partial charge in [0.25, 0.3) is 5.91 Å². The summed E-state index contributed by atoms with van der Waals surface area (Å²) in [6, 6.07) is 16.8. The average molecular weight is 352 g/mol. The molecule has 0 fully saturated rings. The van der Waals surface area contributed by atoms with Crippen molar-refractivity contribution in [1.29, 1.82) is 0 Å². The predicted molar refractivity (Wildman–Crippen MR) is 97.5 cm³/mol. The van der Waals surface area contributed by atoms with E-state index in [1.54, 1.807) is 29.7 Å². The van der Waals surface area contributed by atoms with E-state index in [2.05, 4.69) is 10.3 Å². The van der Waals surface area contributed by atoms with Crippen molar-refractivity contribution in [2.45, 2.75) is 0 Å². The van der Waals surface area contributed by atoms with E-state index in [1.165, 1.54) is 11.3 Å². The van der Waals surface area contributed by atoms with Gasteiger partial charge in [0.2, 0.25) is 0 Å². The third kappa shape index (κ3) is 2.89. The number of amides is 1. The summed E-state index contributed by atoms with van der Waals surface area (Å²) in [7, 11) is 0. The first kappa shape index (κ1) is 14.9. The Labute approximate surface area is 146 Å². The van der Waals surface area contributed by atoms with E-state index in [0.717, 1.165) is 15.4 Å². The maximum Gasteiger partial charge on any atom is 0.257 e. The van der Waals surface area contributed by atoms with Gasteiger partial charge in [-0.05, 0) is 35.7 Å². The molecule has 0 saturated heterocycles. The number of carbonyl (C=O) groups excluding carboxylic acids is 1. The van der Waals surface area contributed by atoms with Crippen LogP contribution in [0.15, 0.2) is 70.7 Å². The molecule has 3 heterocycles. The minimum absolute atomic E-state index is 0.173. The number of hydrogen-bond donors (Lipinski definition) is 1. The maximum absolute atomic E-state index is 12.3. The molecule has 4 aromatic rings. The first-order chi connectivity index (χ1) is 11.8. The van der Waals surface area contributed by atoms with Crippen LogP contribution in [0, 0.1) is 0 Å². The van der Waals surface area contributed by atoms with Crippen LogP contribution in [0.25, 0.3) is 21.2 Å². The van der Waals surface area contributed by atoms with Gasteiger partial charge in [0.15, 0.2) is 10.9 Å². The number of thiazole rings is 1. The summed E-state index contributed by atoms with van der Waals surface area (Å²) in [5.74, 6) is 0.517. The monoisotopic (exact) mass is 352 g/mol. The van der Waals surface area contributed by atoms with Crippen LogP contribution in [0.4, 0.5) is 5.13 Å². The van der Waals surface area contributed by atoms with Crippen molar-refractivity contribution in [1.82, 2.24) is 4.98 Å². The molecule has 1 amide bonds. The van der Waals surface area contributed by atoms with Gasteiger partial charge in [-0.3, -0.25) is 10.1 Å². The zero-order chi connectivity index (χ0) is 16.4. The van der Waals surface area contributed by atoms with Gasteiger partial charge >= 0.3 is 0 Å². The number of nitrogens with one attached hydrogen (secondary N) is 1. The fraction of sp³-hybridized carbons (Fsp3) is 0. The van der Waals surface area contributed by atoms with Crippen LogP contribution >= 0.6 is 22.7 Å². The zero-order valence-electron chi connectivity index (χ0n) is 12.4. The molecule has 1 aromatic carbocycles. The number of rotatable bonds is 4. The SMILES string of the molecule is O=C(Nc1nc(-c2ccco2)c(-c2cccs2)s1)c1ccccc1. The summed E-state index contributed by atoms with van der Waals surface area (Å²) < 4.78 is 5.50. The number of aromatic nitrogens is 1. The van der Waals surface area contributed by atoms with Gasteiger partial charge in [0, 0.05) is 10.4 Å². The Kier molecular flexibility index (Phi) is 3.98. The lowest BCUT2D eigenvalue weighted by atomic mass is 10.2. The molecule has 0 atom stereocenters. The van der Waals surface area contributed by atoms with Crippen molar-refractivity contribution in [3.05, 3.63) is 71.8 Å². The van der Waals surface area contributed by atoms with E-state index in [0.29, 0.717) is 16.5 Å². The quantitative estimate of drug-likeness (QED) is 0.536. The van der Waals surface area contributed by atoms with E-state index in [9.17, 15) is 4.79 Å². The van der Waals surface area contributed by atoms with E-state index in [-0.39, 0.29) is 5.91 Å². The van der Waals surface area contributed by atoms with E-state index >= 15 is 0 Å². The fourth-order valence-electron chi connectivity index (χ4n) is 2.29. The highest BCUT2D eigenvalue weighted by molar-refractivity contribution is 7.23. The summed E-state index contributed by atoms with van der Waals surface area (Å²) in [4.78, 5) is 19.0. The molecule has 3 aromatic heterocycles. The molecular formula is C18H12N2O2S2. The second-order valence-electron chi connectivity index (χ2n) is 4.97. The van der Waals surface area contributed by atoms with Gasteiger partial charge in [-0.2, -0.15) is 0 Å². The van der Waals surface area contributed by atoms with Crippen LogP contribution in [0.3, 0.4) is 0 Å². The van der Waals surface area contributed by atoms with Crippen molar-refractivity contribution in [2.75, 3.05) is 5.32 Å². The summed E-state index contributed by atoms with van der Waals surface area (Å²) in [5, 5.41) is 5.45. The highest BCUT2D eigenvalue weighted by Crippen LogP contribution is 2.41. The lowest BCUT2D eigenvalue weighted by Crippen LogP contribution is -2.11. The Hall–Kier alpha value is -2.70. The molecule has 1 N–H and O–H groups in total. The second kappa shape index (κ2) is 6.43. The van der Waals surface area contributed by atoms with Crippen LogP contribution in [0.1, 0.15) is 10.4 Å². The number of hydrogen-bond acceptors (Lipinski definition) is 5. The van der Waals surface area contributed by atoms with Crippen molar-refractivity contribution in [2.24, 2.45) is 0 Å². The molecule has 0 bridgehead atoms. The Morgan fingerprint density at radius 2 is 1.92 bits per heavy atom. The second-order valence-corrected chi connectivity index (χ2v) is 6.92. The molecule has 6 heteroatoms. The van der Waals surface area contributed by atoms with Crippen molar-refractivity contribution in [3.8, 4) is 21.2 Å². The van der Waals surface area contributed by atoms with Gasteiger partial charge in [0.1, 0.15) is 5.69 Å². The Balaban J connectivity index is 1.70. The highest BCUT2D eigenvalue weighted by Gasteiger charge is 2.19. The van der Waals surface area contributed by atoms with Crippen LogP contribution in [-0.4, -0.2) is 10.9 Å². The number of thiophene rings is 1. The molecule has 0 aliphatic rings. The molecule has 0 aliphatic heterocycles. The van der Waals surface area contributed by atoms with Gasteiger partial charge in [-0.25, -0.2) is 4.98 Å². The first-order valence-corrected chi connectivity index (χ1v) is 8.96. The summed E-state index contributed by atoms with van der Waals surface area (Å²) in [6.45, 7) is 0. The average Bonchev–Trinajstić information content (AvgIpc) is 3.36. The lowest BCUT2D eigenvalue weighted by Gasteiger charge is -2.00. The molecule has 0 aliphatic carbocycles.